The van der Waals surface area contributed by atoms with Crippen molar-refractivity contribution in [1.82, 2.24) is 5.32 Å². The first-order valence-electron chi connectivity index (χ1n) is 9.78. The van der Waals surface area contributed by atoms with Crippen molar-refractivity contribution >= 4 is 34.6 Å². The molecule has 0 saturated carbocycles. The normalized spacial score (nSPS) is 11.1. The molecule has 0 saturated heterocycles. The predicted molar refractivity (Wildman–Crippen MR) is 127 cm³/mol. The molecular weight excluding hydrogens is 378 g/mol. The van der Waals surface area contributed by atoms with Crippen LogP contribution >= 0.6 is 11.3 Å². The number of hydrogen-bond acceptors (Lipinski definition) is 5. The van der Waals surface area contributed by atoms with Crippen molar-refractivity contribution in [2.45, 2.75) is 20.3 Å². The minimum Gasteiger partial charge on any atom is -0.508 e. The van der Waals surface area contributed by atoms with E-state index in [4.69, 9.17) is 0 Å². The number of nitrogens with one attached hydrogen (secondary N) is 2. The lowest BCUT2D eigenvalue weighted by Gasteiger charge is -2.09. The molecule has 0 atom stereocenters. The van der Waals surface area contributed by atoms with Crippen molar-refractivity contribution in [3.05, 3.63) is 71.6 Å². The first-order valence-corrected chi connectivity index (χ1v) is 10.6. The van der Waals surface area contributed by atoms with Gasteiger partial charge in [-0.1, -0.05) is 43.8 Å². The molecule has 2 aromatic carbocycles. The zero-order valence-electron chi connectivity index (χ0n) is 16.9. The SMILES string of the molecule is C=C(Nc1cccc(O)c1)c1sc(-c2cccc(CCNCC)c2)cc1N=CC. The van der Waals surface area contributed by atoms with Crippen molar-refractivity contribution < 1.29 is 5.11 Å². The third kappa shape index (κ3) is 5.56. The molecule has 3 N–H and O–H groups in total. The lowest BCUT2D eigenvalue weighted by atomic mass is 10.1. The van der Waals surface area contributed by atoms with Crippen molar-refractivity contribution in [3.8, 4) is 16.2 Å². The summed E-state index contributed by atoms with van der Waals surface area (Å²) in [6.07, 6.45) is 2.80. The molecule has 150 valence electrons. The van der Waals surface area contributed by atoms with Gasteiger partial charge < -0.3 is 15.7 Å². The second-order valence-corrected chi connectivity index (χ2v) is 7.72. The van der Waals surface area contributed by atoms with Gasteiger partial charge in [0, 0.05) is 22.8 Å². The number of nitrogens with zero attached hydrogens (tertiary/aromatic N) is 1. The van der Waals surface area contributed by atoms with Gasteiger partial charge in [0.1, 0.15) is 5.75 Å². The van der Waals surface area contributed by atoms with Crippen LogP contribution in [0.3, 0.4) is 0 Å². The van der Waals surface area contributed by atoms with Gasteiger partial charge in [-0.15, -0.1) is 11.3 Å². The van der Waals surface area contributed by atoms with Gasteiger partial charge in [0.25, 0.3) is 0 Å². The maximum absolute atomic E-state index is 9.70. The summed E-state index contributed by atoms with van der Waals surface area (Å²) in [5, 5.41) is 16.4. The minimum atomic E-state index is 0.218. The van der Waals surface area contributed by atoms with E-state index in [2.05, 4.69) is 59.5 Å². The van der Waals surface area contributed by atoms with E-state index in [1.54, 1.807) is 35.8 Å². The quantitative estimate of drug-likeness (QED) is 0.299. The van der Waals surface area contributed by atoms with Gasteiger partial charge in [-0.25, -0.2) is 0 Å². The molecule has 29 heavy (non-hydrogen) atoms. The Morgan fingerprint density at radius 3 is 2.76 bits per heavy atom. The highest BCUT2D eigenvalue weighted by Gasteiger charge is 2.13. The highest BCUT2D eigenvalue weighted by atomic mass is 32.1. The number of aliphatic imine (C=N–C) groups is 1. The number of thiophene rings is 1. The van der Waals surface area contributed by atoms with Gasteiger partial charge in [-0.05, 0) is 55.8 Å². The number of phenols is 1. The van der Waals surface area contributed by atoms with E-state index in [-0.39, 0.29) is 5.75 Å². The van der Waals surface area contributed by atoms with E-state index in [9.17, 15) is 5.11 Å². The number of hydrogen-bond donors (Lipinski definition) is 3. The molecule has 0 amide bonds. The zero-order chi connectivity index (χ0) is 20.6. The van der Waals surface area contributed by atoms with E-state index >= 15 is 0 Å². The Bertz CT molecular complexity index is 1010. The standard InChI is InChI=1S/C24H27N3OS/c1-4-25-13-12-18-8-6-9-19(14-18)23-16-22(26-5-2)24(29-23)17(3)27-20-10-7-11-21(28)15-20/h5-11,14-16,25,27-28H,3-4,12-13H2,1-2H3. The van der Waals surface area contributed by atoms with Gasteiger partial charge in [0.2, 0.25) is 0 Å². The number of anilines is 1. The smallest absolute Gasteiger partial charge is 0.117 e. The second-order valence-electron chi connectivity index (χ2n) is 6.67. The highest BCUT2D eigenvalue weighted by Crippen LogP contribution is 2.40. The van der Waals surface area contributed by atoms with Gasteiger partial charge in [0.15, 0.2) is 0 Å². The third-order valence-corrected chi connectivity index (χ3v) is 5.68. The van der Waals surface area contributed by atoms with E-state index in [0.29, 0.717) is 0 Å². The van der Waals surface area contributed by atoms with Crippen LogP contribution in [0.5, 0.6) is 5.75 Å². The monoisotopic (exact) mass is 405 g/mol. The fraction of sp³-hybridized carbons (Fsp3) is 0.208. The van der Waals surface area contributed by atoms with Gasteiger partial charge >= 0.3 is 0 Å². The predicted octanol–water partition coefficient (Wildman–Crippen LogP) is 6.08. The molecule has 0 bridgehead atoms. The second kappa shape index (κ2) is 10.0. The molecule has 4 nitrogen and oxygen atoms in total. The van der Waals surface area contributed by atoms with Gasteiger partial charge in [-0.2, -0.15) is 0 Å². The molecule has 0 aliphatic carbocycles. The first-order chi connectivity index (χ1) is 14.1. The Morgan fingerprint density at radius 1 is 1.17 bits per heavy atom. The first kappa shape index (κ1) is 20.8. The molecule has 0 aliphatic rings. The maximum atomic E-state index is 9.70. The van der Waals surface area contributed by atoms with Crippen LogP contribution < -0.4 is 10.6 Å². The number of aromatic hydroxyl groups is 1. The van der Waals surface area contributed by atoms with Crippen LogP contribution in [0.2, 0.25) is 0 Å². The van der Waals surface area contributed by atoms with E-state index in [0.717, 1.165) is 46.3 Å². The average molecular weight is 406 g/mol. The van der Waals surface area contributed by atoms with Crippen LogP contribution in [-0.2, 0) is 6.42 Å². The van der Waals surface area contributed by atoms with E-state index in [1.165, 1.54) is 11.1 Å². The molecule has 0 aliphatic heterocycles. The molecule has 3 aromatic rings. The van der Waals surface area contributed by atoms with Crippen LogP contribution in [0.25, 0.3) is 16.1 Å². The van der Waals surface area contributed by atoms with Crippen molar-refractivity contribution in [1.29, 1.82) is 0 Å². The molecule has 0 unspecified atom stereocenters. The summed E-state index contributed by atoms with van der Waals surface area (Å²) in [6.45, 7) is 10.2. The summed E-state index contributed by atoms with van der Waals surface area (Å²) in [5.41, 5.74) is 4.95. The summed E-state index contributed by atoms with van der Waals surface area (Å²) in [4.78, 5) is 6.68. The van der Waals surface area contributed by atoms with Crippen LogP contribution in [-0.4, -0.2) is 24.4 Å². The Balaban J connectivity index is 1.86. The molecule has 1 aromatic heterocycles. The van der Waals surface area contributed by atoms with Gasteiger partial charge in [-0.3, -0.25) is 4.99 Å². The number of benzene rings is 2. The van der Waals surface area contributed by atoms with Gasteiger partial charge in [0.05, 0.1) is 16.3 Å². The van der Waals surface area contributed by atoms with Crippen LogP contribution in [0, 0.1) is 0 Å². The summed E-state index contributed by atoms with van der Waals surface area (Å²) in [6, 6.07) is 17.8. The summed E-state index contributed by atoms with van der Waals surface area (Å²) in [7, 11) is 0. The number of rotatable bonds is 9. The van der Waals surface area contributed by atoms with Crippen molar-refractivity contribution in [3.63, 3.8) is 0 Å². The largest absolute Gasteiger partial charge is 0.508 e. The molecule has 5 heteroatoms. The maximum Gasteiger partial charge on any atom is 0.117 e. The molecule has 0 radical (unpaired) electrons. The summed E-state index contributed by atoms with van der Waals surface area (Å²) < 4.78 is 0. The Kier molecular flexibility index (Phi) is 7.22. The molecule has 0 fully saturated rings. The lowest BCUT2D eigenvalue weighted by molar-refractivity contribution is 0.475. The number of phenolic OH excluding ortho intramolecular Hbond substituents is 1. The van der Waals surface area contributed by atoms with Crippen molar-refractivity contribution in [2.75, 3.05) is 18.4 Å². The van der Waals surface area contributed by atoms with E-state index in [1.807, 2.05) is 13.0 Å². The molecular formula is C24H27N3OS. The van der Waals surface area contributed by atoms with Crippen molar-refractivity contribution in [2.24, 2.45) is 4.99 Å². The van der Waals surface area contributed by atoms with Crippen LogP contribution in [0.4, 0.5) is 11.4 Å². The molecule has 0 spiro atoms. The summed E-state index contributed by atoms with van der Waals surface area (Å²) in [5.74, 6) is 0.218. The van der Waals surface area contributed by atoms with Crippen LogP contribution in [0.1, 0.15) is 24.3 Å². The van der Waals surface area contributed by atoms with E-state index < -0.39 is 0 Å². The zero-order valence-corrected chi connectivity index (χ0v) is 17.7. The Morgan fingerprint density at radius 2 is 2.00 bits per heavy atom. The minimum absolute atomic E-state index is 0.218. The average Bonchev–Trinajstić information content (AvgIpc) is 3.13. The fourth-order valence-electron chi connectivity index (χ4n) is 3.08. The fourth-order valence-corrected chi connectivity index (χ4v) is 4.10. The summed E-state index contributed by atoms with van der Waals surface area (Å²) >= 11 is 1.67. The number of likely N-dealkylation sites (N-methyl/N-ethyl adjacent to an activating group) is 1. The van der Waals surface area contributed by atoms with Crippen LogP contribution in [0.15, 0.2) is 66.2 Å². The molecule has 3 rings (SSSR count). The highest BCUT2D eigenvalue weighted by molar-refractivity contribution is 7.17. The third-order valence-electron chi connectivity index (χ3n) is 4.45. The Labute approximate surface area is 176 Å². The lowest BCUT2D eigenvalue weighted by Crippen LogP contribution is -2.15. The Hall–Kier alpha value is -2.89. The topological polar surface area (TPSA) is 56.6 Å². The molecule has 1 heterocycles.